The minimum absolute atomic E-state index is 0.0162. The van der Waals surface area contributed by atoms with Gasteiger partial charge in [-0.1, -0.05) is 36.4 Å². The van der Waals surface area contributed by atoms with Gasteiger partial charge in [0.05, 0.1) is 30.6 Å². The van der Waals surface area contributed by atoms with E-state index < -0.39 is 19.7 Å². The summed E-state index contributed by atoms with van der Waals surface area (Å²) in [5.74, 6) is 1.51. The molecule has 4 aromatic heterocycles. The molecule has 0 fully saturated rings. The van der Waals surface area contributed by atoms with Crippen LogP contribution in [0, 0.1) is 0 Å². The Morgan fingerprint density at radius 3 is 1.33 bits per heavy atom. The quantitative estimate of drug-likeness (QED) is 0.147. The Bertz CT molecular complexity index is 2610. The van der Waals surface area contributed by atoms with E-state index in [1.807, 2.05) is 0 Å². The number of aromatic nitrogens is 5. The van der Waals surface area contributed by atoms with Gasteiger partial charge >= 0.3 is 0 Å². The van der Waals surface area contributed by atoms with Gasteiger partial charge < -0.3 is 9.47 Å². The molecule has 0 unspecified atom stereocenters. The fourth-order valence-corrected chi connectivity index (χ4v) is 8.30. The number of nitrogens with zero attached hydrogens (tertiary/aromatic N) is 5. The van der Waals surface area contributed by atoms with E-state index in [2.05, 4.69) is 19.9 Å². The van der Waals surface area contributed by atoms with Crippen molar-refractivity contribution in [1.82, 2.24) is 24.5 Å². The molecule has 8 rings (SSSR count). The van der Waals surface area contributed by atoms with Gasteiger partial charge in [0.2, 0.25) is 37.4 Å². The predicted octanol–water partition coefficient (Wildman–Crippen LogP) is 7.61. The molecule has 13 heteroatoms. The Morgan fingerprint density at radius 1 is 0.431 bits per heavy atom. The SMILES string of the molecule is O=S(=O)(c1cccc(Oc2ccccn2)c1)c1ccc2c3ccc(S(=O)(=O)c4cccc(Oc5ccccn5)c4)cc3n(-c3ncccn3)c2c1. The molecule has 0 N–H and O–H groups in total. The maximum Gasteiger partial charge on any atom is 0.234 e. The van der Waals surface area contributed by atoms with Gasteiger partial charge in [0.25, 0.3) is 0 Å². The van der Waals surface area contributed by atoms with Crippen molar-refractivity contribution >= 4 is 41.5 Å². The molecule has 8 aromatic rings. The van der Waals surface area contributed by atoms with Crippen LogP contribution in [0.25, 0.3) is 27.8 Å². The average Bonchev–Trinajstić information content (AvgIpc) is 3.49. The van der Waals surface area contributed by atoms with Crippen LogP contribution in [-0.2, 0) is 19.7 Å². The van der Waals surface area contributed by atoms with Gasteiger partial charge in [0.15, 0.2) is 0 Å². The molecule has 51 heavy (non-hydrogen) atoms. The molecule has 0 saturated carbocycles. The Kier molecular flexibility index (Phi) is 7.97. The molecule has 250 valence electrons. The molecule has 4 aromatic carbocycles. The van der Waals surface area contributed by atoms with Crippen molar-refractivity contribution in [2.45, 2.75) is 19.6 Å². The van der Waals surface area contributed by atoms with Crippen LogP contribution in [0.5, 0.6) is 23.3 Å². The highest BCUT2D eigenvalue weighted by Crippen LogP contribution is 2.37. The first-order valence-electron chi connectivity index (χ1n) is 15.5. The number of fused-ring (bicyclic) bond motifs is 3. The van der Waals surface area contributed by atoms with E-state index >= 15 is 0 Å². The maximum atomic E-state index is 14.0. The molecule has 4 heterocycles. The van der Waals surface area contributed by atoms with Crippen LogP contribution in [0.4, 0.5) is 0 Å². The Morgan fingerprint density at radius 2 is 0.882 bits per heavy atom. The van der Waals surface area contributed by atoms with E-state index in [0.29, 0.717) is 45.1 Å². The van der Waals surface area contributed by atoms with E-state index in [9.17, 15) is 16.8 Å². The lowest BCUT2D eigenvalue weighted by molar-refractivity contribution is 0.461. The minimum Gasteiger partial charge on any atom is -0.439 e. The van der Waals surface area contributed by atoms with E-state index in [-0.39, 0.29) is 25.5 Å². The lowest BCUT2D eigenvalue weighted by Gasteiger charge is -2.10. The van der Waals surface area contributed by atoms with Crippen molar-refractivity contribution in [2.24, 2.45) is 0 Å². The van der Waals surface area contributed by atoms with Gasteiger partial charge in [-0.2, -0.15) is 0 Å². The summed E-state index contributed by atoms with van der Waals surface area (Å²) in [4.78, 5) is 17.2. The molecule has 0 radical (unpaired) electrons. The third-order valence-corrected chi connectivity index (χ3v) is 11.5. The van der Waals surface area contributed by atoms with Gasteiger partial charge in [-0.15, -0.1) is 0 Å². The standard InChI is InChI=1S/C38H25N5O6S2/c44-50(45,28-10-5-8-26(22-28)48-36-12-1-3-18-39-36)30-14-16-32-33-17-15-31(25-35(33)43(34(32)24-30)38-41-20-7-21-42-38)51(46,47)29-11-6-9-27(23-29)49-37-13-2-4-19-40-37/h1-25H. The monoisotopic (exact) mass is 711 g/mol. The molecule has 0 saturated heterocycles. The van der Waals surface area contributed by atoms with Gasteiger partial charge in [0, 0.05) is 47.7 Å². The number of pyridine rings is 2. The van der Waals surface area contributed by atoms with Crippen molar-refractivity contribution in [3.63, 3.8) is 0 Å². The van der Waals surface area contributed by atoms with Crippen molar-refractivity contribution in [3.05, 3.63) is 152 Å². The molecule has 0 aliphatic carbocycles. The second-order valence-electron chi connectivity index (χ2n) is 11.2. The summed E-state index contributed by atoms with van der Waals surface area (Å²) in [6, 6.07) is 33.9. The number of rotatable bonds is 9. The molecule has 0 spiro atoms. The second kappa shape index (κ2) is 12.8. The lowest BCUT2D eigenvalue weighted by atomic mass is 10.1. The van der Waals surface area contributed by atoms with E-state index in [1.54, 1.807) is 120 Å². The molecule has 0 aliphatic heterocycles. The van der Waals surface area contributed by atoms with Gasteiger partial charge in [0.1, 0.15) is 11.5 Å². The zero-order valence-corrected chi connectivity index (χ0v) is 28.1. The maximum absolute atomic E-state index is 14.0. The summed E-state index contributed by atoms with van der Waals surface area (Å²) < 4.78 is 69.3. The van der Waals surface area contributed by atoms with Crippen LogP contribution in [0.1, 0.15) is 0 Å². The zero-order valence-electron chi connectivity index (χ0n) is 26.4. The normalized spacial score (nSPS) is 11.8. The first-order valence-corrected chi connectivity index (χ1v) is 18.5. The van der Waals surface area contributed by atoms with Gasteiger partial charge in [-0.3, -0.25) is 4.57 Å². The van der Waals surface area contributed by atoms with E-state index in [0.717, 1.165) is 0 Å². The zero-order chi connectivity index (χ0) is 35.0. The Hall–Kier alpha value is -6.44. The number of hydrogen-bond donors (Lipinski definition) is 0. The van der Waals surface area contributed by atoms with Crippen LogP contribution < -0.4 is 9.47 Å². The Balaban J connectivity index is 1.23. The summed E-state index contributed by atoms with van der Waals surface area (Å²) in [5.41, 5.74) is 0.942. The molecule has 11 nitrogen and oxygen atoms in total. The van der Waals surface area contributed by atoms with E-state index in [4.69, 9.17) is 9.47 Å². The van der Waals surface area contributed by atoms with Crippen molar-refractivity contribution < 1.29 is 26.3 Å². The average molecular weight is 712 g/mol. The van der Waals surface area contributed by atoms with Crippen LogP contribution in [0.2, 0.25) is 0 Å². The van der Waals surface area contributed by atoms with Gasteiger partial charge in [-0.05, 0) is 78.9 Å². The van der Waals surface area contributed by atoms with Gasteiger partial charge in [-0.25, -0.2) is 36.8 Å². The topological polar surface area (TPSA) is 143 Å². The first-order chi connectivity index (χ1) is 24.8. The first kappa shape index (κ1) is 31.8. The number of sulfone groups is 2. The van der Waals surface area contributed by atoms with Crippen molar-refractivity contribution in [3.8, 4) is 29.2 Å². The van der Waals surface area contributed by atoms with Crippen LogP contribution in [0.3, 0.4) is 0 Å². The second-order valence-corrected chi connectivity index (χ2v) is 15.1. The highest BCUT2D eigenvalue weighted by atomic mass is 32.2. The molecular formula is C38H25N5O6S2. The summed E-state index contributed by atoms with van der Waals surface area (Å²) in [6.45, 7) is 0. The predicted molar refractivity (Wildman–Crippen MR) is 189 cm³/mol. The molecule has 0 aliphatic rings. The molecular weight excluding hydrogens is 687 g/mol. The van der Waals surface area contributed by atoms with Crippen molar-refractivity contribution in [1.29, 1.82) is 0 Å². The molecule has 0 bridgehead atoms. The largest absolute Gasteiger partial charge is 0.439 e. The molecule has 0 atom stereocenters. The lowest BCUT2D eigenvalue weighted by Crippen LogP contribution is -2.05. The van der Waals surface area contributed by atoms with Crippen LogP contribution in [-0.4, -0.2) is 41.3 Å². The summed E-state index contributed by atoms with van der Waals surface area (Å²) in [5, 5.41) is 1.36. The highest BCUT2D eigenvalue weighted by molar-refractivity contribution is 7.91. The summed E-state index contributed by atoms with van der Waals surface area (Å²) in [6.07, 6.45) is 6.27. The van der Waals surface area contributed by atoms with Crippen molar-refractivity contribution in [2.75, 3.05) is 0 Å². The smallest absolute Gasteiger partial charge is 0.234 e. The fraction of sp³-hybridized carbons (Fsp3) is 0. The third-order valence-electron chi connectivity index (χ3n) is 8.04. The van der Waals surface area contributed by atoms with E-state index in [1.165, 1.54) is 36.4 Å². The number of hydrogen-bond acceptors (Lipinski definition) is 10. The Labute approximate surface area is 292 Å². The summed E-state index contributed by atoms with van der Waals surface area (Å²) >= 11 is 0. The molecule has 0 amide bonds. The number of benzene rings is 4. The summed E-state index contributed by atoms with van der Waals surface area (Å²) in [7, 11) is -8.09. The van der Waals surface area contributed by atoms with Crippen LogP contribution >= 0.6 is 0 Å². The fourth-order valence-electron chi connectivity index (χ4n) is 5.67. The van der Waals surface area contributed by atoms with Crippen LogP contribution in [0.15, 0.2) is 172 Å². The number of ether oxygens (including phenoxy) is 2. The minimum atomic E-state index is -4.04. The highest BCUT2D eigenvalue weighted by Gasteiger charge is 2.25. The third kappa shape index (κ3) is 6.05.